The molecule has 0 bridgehead atoms. The molecule has 1 aliphatic rings. The normalized spacial score (nSPS) is 19.9. The summed E-state index contributed by atoms with van der Waals surface area (Å²) in [7, 11) is 0. The van der Waals surface area contributed by atoms with Crippen molar-refractivity contribution >= 4 is 0 Å². The number of terminal acetylenes is 1. The molecule has 0 heterocycles. The summed E-state index contributed by atoms with van der Waals surface area (Å²) in [5.74, 6) is 3.03. The molecule has 0 nitrogen and oxygen atoms in total. The van der Waals surface area contributed by atoms with Crippen LogP contribution in [0.5, 0.6) is 0 Å². The van der Waals surface area contributed by atoms with Crippen molar-refractivity contribution < 1.29 is 0 Å². The van der Waals surface area contributed by atoms with Crippen molar-refractivity contribution in [1.29, 1.82) is 0 Å². The molecule has 2 rings (SSSR count). The van der Waals surface area contributed by atoms with Crippen LogP contribution in [-0.2, 0) is 5.41 Å². The Hall–Kier alpha value is -1.22. The lowest BCUT2D eigenvalue weighted by Gasteiger charge is -2.32. The second-order valence-corrected chi connectivity index (χ2v) is 4.15. The zero-order valence-corrected chi connectivity index (χ0v) is 8.50. The Kier molecular flexibility index (Phi) is 2.59. The van der Waals surface area contributed by atoms with Gasteiger partial charge in [0.05, 0.1) is 5.41 Å². The predicted molar refractivity (Wildman–Crippen MR) is 60.0 cm³/mol. The topological polar surface area (TPSA) is 0 Å². The van der Waals surface area contributed by atoms with Gasteiger partial charge in [0.15, 0.2) is 0 Å². The van der Waals surface area contributed by atoms with E-state index in [0.29, 0.717) is 0 Å². The van der Waals surface area contributed by atoms with Crippen LogP contribution in [0.4, 0.5) is 0 Å². The van der Waals surface area contributed by atoms with Gasteiger partial charge in [-0.15, -0.1) is 6.42 Å². The van der Waals surface area contributed by atoms with Crippen molar-refractivity contribution in [2.75, 3.05) is 0 Å². The molecule has 0 heteroatoms. The van der Waals surface area contributed by atoms with E-state index in [1.165, 1.54) is 24.8 Å². The van der Waals surface area contributed by atoms with Crippen LogP contribution in [0.1, 0.15) is 37.7 Å². The van der Waals surface area contributed by atoms with E-state index in [9.17, 15) is 0 Å². The standard InChI is InChI=1S/C14H16/c1-2-14(11-7-4-8-12-14)13-9-5-3-6-10-13/h1,3,5-6,9-10H,4,7-8,11-12H2. The fourth-order valence-electron chi connectivity index (χ4n) is 2.43. The zero-order valence-electron chi connectivity index (χ0n) is 8.50. The summed E-state index contributed by atoms with van der Waals surface area (Å²) in [6.07, 6.45) is 11.9. The highest BCUT2D eigenvalue weighted by molar-refractivity contribution is 5.34. The van der Waals surface area contributed by atoms with Gasteiger partial charge in [-0.05, 0) is 18.4 Å². The summed E-state index contributed by atoms with van der Waals surface area (Å²) in [6.45, 7) is 0. The van der Waals surface area contributed by atoms with Crippen molar-refractivity contribution in [2.45, 2.75) is 37.5 Å². The average molecular weight is 184 g/mol. The Morgan fingerprint density at radius 1 is 1.00 bits per heavy atom. The van der Waals surface area contributed by atoms with Crippen LogP contribution in [-0.4, -0.2) is 0 Å². The fourth-order valence-corrected chi connectivity index (χ4v) is 2.43. The number of hydrogen-bond donors (Lipinski definition) is 0. The molecule has 0 saturated heterocycles. The molecule has 0 N–H and O–H groups in total. The molecule has 0 aliphatic heterocycles. The summed E-state index contributed by atoms with van der Waals surface area (Å²) in [6, 6.07) is 10.6. The van der Waals surface area contributed by atoms with Gasteiger partial charge in [0.25, 0.3) is 0 Å². The van der Waals surface area contributed by atoms with Crippen LogP contribution >= 0.6 is 0 Å². The molecule has 0 amide bonds. The summed E-state index contributed by atoms with van der Waals surface area (Å²) in [5.41, 5.74) is 1.38. The van der Waals surface area contributed by atoms with Crippen LogP contribution in [0, 0.1) is 12.3 Å². The molecule has 1 fully saturated rings. The van der Waals surface area contributed by atoms with Gasteiger partial charge in [0.1, 0.15) is 0 Å². The lowest BCUT2D eigenvalue weighted by Crippen LogP contribution is -2.26. The van der Waals surface area contributed by atoms with Gasteiger partial charge < -0.3 is 0 Å². The molecule has 1 aliphatic carbocycles. The van der Waals surface area contributed by atoms with E-state index in [1.54, 1.807) is 0 Å². The van der Waals surface area contributed by atoms with E-state index in [0.717, 1.165) is 12.8 Å². The van der Waals surface area contributed by atoms with E-state index in [1.807, 2.05) is 0 Å². The Morgan fingerprint density at radius 3 is 2.21 bits per heavy atom. The van der Waals surface area contributed by atoms with Gasteiger partial charge in [-0.3, -0.25) is 0 Å². The second-order valence-electron chi connectivity index (χ2n) is 4.15. The molecular weight excluding hydrogens is 168 g/mol. The summed E-state index contributed by atoms with van der Waals surface area (Å²) in [5, 5.41) is 0. The van der Waals surface area contributed by atoms with Crippen molar-refractivity contribution in [3.05, 3.63) is 35.9 Å². The molecule has 1 aromatic rings. The molecule has 1 aromatic carbocycles. The van der Waals surface area contributed by atoms with Gasteiger partial charge in [0, 0.05) is 0 Å². The monoisotopic (exact) mass is 184 g/mol. The Bertz CT molecular complexity index is 323. The zero-order chi connectivity index (χ0) is 9.86. The third-order valence-corrected chi connectivity index (χ3v) is 3.31. The minimum Gasteiger partial charge on any atom is -0.119 e. The van der Waals surface area contributed by atoms with Gasteiger partial charge in [-0.1, -0.05) is 55.5 Å². The quantitative estimate of drug-likeness (QED) is 0.586. The van der Waals surface area contributed by atoms with Gasteiger partial charge in [-0.25, -0.2) is 0 Å². The SMILES string of the molecule is C#CC1(c2ccccc2)CCCCC1. The summed E-state index contributed by atoms with van der Waals surface area (Å²) in [4.78, 5) is 0. The lowest BCUT2D eigenvalue weighted by molar-refractivity contribution is 0.370. The highest BCUT2D eigenvalue weighted by Crippen LogP contribution is 2.38. The molecule has 14 heavy (non-hydrogen) atoms. The Labute approximate surface area is 86.3 Å². The van der Waals surface area contributed by atoms with E-state index in [2.05, 4.69) is 36.3 Å². The minimum absolute atomic E-state index is 0.0412. The van der Waals surface area contributed by atoms with Crippen LogP contribution in [0.2, 0.25) is 0 Å². The van der Waals surface area contributed by atoms with Gasteiger partial charge in [0.2, 0.25) is 0 Å². The molecular formula is C14H16. The van der Waals surface area contributed by atoms with Crippen LogP contribution in [0.3, 0.4) is 0 Å². The molecule has 0 aromatic heterocycles. The molecule has 1 saturated carbocycles. The van der Waals surface area contributed by atoms with E-state index < -0.39 is 0 Å². The maximum Gasteiger partial charge on any atom is 0.0560 e. The third kappa shape index (κ3) is 1.55. The molecule has 0 spiro atoms. The summed E-state index contributed by atoms with van der Waals surface area (Å²) >= 11 is 0. The Balaban J connectivity index is 2.33. The van der Waals surface area contributed by atoms with Crippen LogP contribution < -0.4 is 0 Å². The highest BCUT2D eigenvalue weighted by Gasteiger charge is 2.31. The maximum atomic E-state index is 5.72. The first-order valence-electron chi connectivity index (χ1n) is 5.41. The van der Waals surface area contributed by atoms with Crippen molar-refractivity contribution in [3.63, 3.8) is 0 Å². The highest BCUT2D eigenvalue weighted by atomic mass is 14.3. The van der Waals surface area contributed by atoms with E-state index in [4.69, 9.17) is 6.42 Å². The largest absolute Gasteiger partial charge is 0.119 e. The smallest absolute Gasteiger partial charge is 0.0560 e. The minimum atomic E-state index is 0.0412. The first kappa shape index (κ1) is 9.34. The number of hydrogen-bond acceptors (Lipinski definition) is 0. The lowest BCUT2D eigenvalue weighted by atomic mass is 9.70. The molecule has 0 radical (unpaired) electrons. The first-order chi connectivity index (χ1) is 6.87. The van der Waals surface area contributed by atoms with Gasteiger partial charge >= 0.3 is 0 Å². The van der Waals surface area contributed by atoms with Crippen LogP contribution in [0.15, 0.2) is 30.3 Å². The molecule has 72 valence electrons. The molecule has 0 atom stereocenters. The predicted octanol–water partition coefficient (Wildman–Crippen LogP) is 3.52. The van der Waals surface area contributed by atoms with Crippen LogP contribution in [0.25, 0.3) is 0 Å². The first-order valence-corrected chi connectivity index (χ1v) is 5.41. The van der Waals surface area contributed by atoms with Crippen molar-refractivity contribution in [1.82, 2.24) is 0 Å². The number of benzene rings is 1. The summed E-state index contributed by atoms with van der Waals surface area (Å²) < 4.78 is 0. The average Bonchev–Trinajstić information content (AvgIpc) is 2.31. The van der Waals surface area contributed by atoms with E-state index >= 15 is 0 Å². The Morgan fingerprint density at radius 2 is 1.64 bits per heavy atom. The van der Waals surface area contributed by atoms with Crippen molar-refractivity contribution in [3.8, 4) is 12.3 Å². The van der Waals surface area contributed by atoms with Crippen molar-refractivity contribution in [2.24, 2.45) is 0 Å². The number of rotatable bonds is 1. The molecule has 0 unspecified atom stereocenters. The van der Waals surface area contributed by atoms with Gasteiger partial charge in [-0.2, -0.15) is 0 Å². The fraction of sp³-hybridized carbons (Fsp3) is 0.429. The second kappa shape index (κ2) is 3.88. The third-order valence-electron chi connectivity index (χ3n) is 3.31. The van der Waals surface area contributed by atoms with E-state index in [-0.39, 0.29) is 5.41 Å². The maximum absolute atomic E-state index is 5.72.